The summed E-state index contributed by atoms with van der Waals surface area (Å²) in [5, 5.41) is 0. The smallest absolute Gasteiger partial charge is 0.281 e. The summed E-state index contributed by atoms with van der Waals surface area (Å²) in [4.78, 5) is 5.19. The molecule has 4 rings (SSSR count). The molecule has 0 saturated carbocycles. The van der Waals surface area contributed by atoms with Gasteiger partial charge >= 0.3 is 0 Å². The predicted molar refractivity (Wildman–Crippen MR) is 112 cm³/mol. The third kappa shape index (κ3) is 3.87. The number of piperidine rings is 1. The Bertz CT molecular complexity index is 781. The second kappa shape index (κ2) is 8.03. The molecule has 0 N–H and O–H groups in total. The van der Waals surface area contributed by atoms with Crippen molar-refractivity contribution >= 4 is 10.2 Å². The van der Waals surface area contributed by atoms with Crippen molar-refractivity contribution in [3.8, 4) is 0 Å². The van der Waals surface area contributed by atoms with E-state index in [2.05, 4.69) is 34.1 Å². The van der Waals surface area contributed by atoms with Gasteiger partial charge < -0.3 is 4.90 Å². The normalized spacial score (nSPS) is 24.1. The van der Waals surface area contributed by atoms with Crippen molar-refractivity contribution < 1.29 is 8.42 Å². The fourth-order valence-electron chi connectivity index (χ4n) is 5.24. The first kappa shape index (κ1) is 20.3. The van der Waals surface area contributed by atoms with Crippen LogP contribution in [0, 0.1) is 0 Å². The van der Waals surface area contributed by atoms with Crippen LogP contribution in [0.2, 0.25) is 0 Å². The Labute approximate surface area is 170 Å². The third-order valence-electron chi connectivity index (χ3n) is 6.91. The lowest BCUT2D eigenvalue weighted by Crippen LogP contribution is -2.54. The van der Waals surface area contributed by atoms with Crippen LogP contribution in [0.1, 0.15) is 36.8 Å². The first-order valence-electron chi connectivity index (χ1n) is 10.6. The van der Waals surface area contributed by atoms with Crippen LogP contribution in [0.4, 0.5) is 0 Å². The lowest BCUT2D eigenvalue weighted by atomic mass is 9.69. The number of benzene rings is 1. The van der Waals surface area contributed by atoms with E-state index in [9.17, 15) is 8.42 Å². The highest BCUT2D eigenvalue weighted by atomic mass is 32.2. The number of rotatable bonds is 5. The molecule has 0 radical (unpaired) electrons. The predicted octanol–water partition coefficient (Wildman–Crippen LogP) is 1.74. The zero-order chi connectivity index (χ0) is 19.8. The summed E-state index contributed by atoms with van der Waals surface area (Å²) in [6, 6.07) is 8.83. The Morgan fingerprint density at radius 3 is 2.29 bits per heavy atom. The molecule has 1 aromatic rings. The molecule has 7 heteroatoms. The molecule has 6 nitrogen and oxygen atoms in total. The molecule has 0 atom stereocenters. The molecule has 1 spiro atoms. The first-order chi connectivity index (χ1) is 13.4. The number of likely N-dealkylation sites (tertiary alicyclic amines) is 1. The summed E-state index contributed by atoms with van der Waals surface area (Å²) in [5.41, 5.74) is 2.96. The molecule has 0 unspecified atom stereocenters. The van der Waals surface area contributed by atoms with Crippen molar-refractivity contribution in [2.45, 2.75) is 37.6 Å². The van der Waals surface area contributed by atoms with Gasteiger partial charge in [-0.3, -0.25) is 4.90 Å². The van der Waals surface area contributed by atoms with E-state index < -0.39 is 10.2 Å². The average Bonchev–Trinajstić information content (AvgIpc) is 3.20. The molecule has 1 aromatic carbocycles. The Morgan fingerprint density at radius 2 is 1.61 bits per heavy atom. The number of fused-ring (bicyclic) bond motifs is 2. The van der Waals surface area contributed by atoms with Crippen molar-refractivity contribution in [3.05, 3.63) is 35.4 Å². The van der Waals surface area contributed by atoms with Crippen LogP contribution < -0.4 is 0 Å². The minimum atomic E-state index is -3.32. The summed E-state index contributed by atoms with van der Waals surface area (Å²) >= 11 is 0. The van der Waals surface area contributed by atoms with Crippen LogP contribution in [-0.2, 0) is 22.2 Å². The summed E-state index contributed by atoms with van der Waals surface area (Å²) in [6.07, 6.45) is 4.47. The quantitative estimate of drug-likeness (QED) is 0.747. The molecular formula is C21H34N4O2S. The van der Waals surface area contributed by atoms with Crippen LogP contribution in [0.25, 0.3) is 0 Å². The van der Waals surface area contributed by atoms with E-state index in [0.29, 0.717) is 13.1 Å². The molecule has 156 valence electrons. The molecule has 0 bridgehead atoms. The Morgan fingerprint density at radius 1 is 0.964 bits per heavy atom. The maximum atomic E-state index is 12.6. The van der Waals surface area contributed by atoms with Gasteiger partial charge in [0.05, 0.1) is 0 Å². The van der Waals surface area contributed by atoms with E-state index in [4.69, 9.17) is 0 Å². The molecule has 3 heterocycles. The SMILES string of the molecule is CN(C)S(=O)(=O)N1CCC2(CC1)CN(CCN1CCCC1)Cc1ccccc12. The molecule has 0 aromatic heterocycles. The van der Waals surface area contributed by atoms with Gasteiger partial charge in [-0.1, -0.05) is 24.3 Å². The van der Waals surface area contributed by atoms with E-state index in [1.54, 1.807) is 18.4 Å². The molecule has 2 fully saturated rings. The van der Waals surface area contributed by atoms with Crippen molar-refractivity contribution in [1.29, 1.82) is 0 Å². The molecule has 3 aliphatic rings. The van der Waals surface area contributed by atoms with Crippen LogP contribution in [0.3, 0.4) is 0 Å². The molecule has 2 saturated heterocycles. The summed E-state index contributed by atoms with van der Waals surface area (Å²) in [7, 11) is -0.0796. The maximum Gasteiger partial charge on any atom is 0.281 e. The average molecular weight is 407 g/mol. The van der Waals surface area contributed by atoms with Crippen molar-refractivity contribution in [2.24, 2.45) is 0 Å². The third-order valence-corrected chi connectivity index (χ3v) is 8.85. The van der Waals surface area contributed by atoms with Gasteiger partial charge in [-0.05, 0) is 49.9 Å². The number of hydrogen-bond donors (Lipinski definition) is 0. The lowest BCUT2D eigenvalue weighted by Gasteiger charge is -2.48. The molecule has 0 aliphatic carbocycles. The van der Waals surface area contributed by atoms with Gasteiger partial charge in [0.2, 0.25) is 0 Å². The summed E-state index contributed by atoms with van der Waals surface area (Å²) in [5.74, 6) is 0. The van der Waals surface area contributed by atoms with Gasteiger partial charge in [0.15, 0.2) is 0 Å². The standard InChI is InChI=1S/C21H34N4O2S/c1-22(2)28(26,27)25-13-9-21(10-14-25)18-24(16-15-23-11-5-6-12-23)17-19-7-3-4-8-20(19)21/h3-4,7-8H,5-6,9-18H2,1-2H3. The fourth-order valence-corrected chi connectivity index (χ4v) is 6.34. The first-order valence-corrected chi connectivity index (χ1v) is 12.0. The van der Waals surface area contributed by atoms with E-state index >= 15 is 0 Å². The lowest BCUT2D eigenvalue weighted by molar-refractivity contribution is 0.116. The Kier molecular flexibility index (Phi) is 5.82. The minimum Gasteiger partial charge on any atom is -0.302 e. The van der Waals surface area contributed by atoms with Gasteiger partial charge in [-0.15, -0.1) is 0 Å². The van der Waals surface area contributed by atoms with Crippen LogP contribution in [-0.4, -0.2) is 86.7 Å². The van der Waals surface area contributed by atoms with Crippen molar-refractivity contribution in [3.63, 3.8) is 0 Å². The Hall–Kier alpha value is -0.990. The zero-order valence-electron chi connectivity index (χ0n) is 17.3. The summed E-state index contributed by atoms with van der Waals surface area (Å²) in [6.45, 7) is 8.03. The van der Waals surface area contributed by atoms with Crippen molar-refractivity contribution in [1.82, 2.24) is 18.4 Å². The molecular weight excluding hydrogens is 372 g/mol. The maximum absolute atomic E-state index is 12.6. The number of nitrogens with zero attached hydrogens (tertiary/aromatic N) is 4. The monoisotopic (exact) mass is 406 g/mol. The van der Waals surface area contributed by atoms with Gasteiger partial charge in [0, 0.05) is 58.8 Å². The van der Waals surface area contributed by atoms with Crippen LogP contribution in [0.15, 0.2) is 24.3 Å². The van der Waals surface area contributed by atoms with Gasteiger partial charge in [-0.25, -0.2) is 0 Å². The molecule has 3 aliphatic heterocycles. The topological polar surface area (TPSA) is 47.1 Å². The highest BCUT2D eigenvalue weighted by molar-refractivity contribution is 7.86. The highest BCUT2D eigenvalue weighted by Gasteiger charge is 2.44. The van der Waals surface area contributed by atoms with E-state index in [1.165, 1.54) is 41.4 Å². The van der Waals surface area contributed by atoms with Crippen LogP contribution in [0.5, 0.6) is 0 Å². The minimum absolute atomic E-state index is 0.0815. The zero-order valence-corrected chi connectivity index (χ0v) is 18.1. The summed E-state index contributed by atoms with van der Waals surface area (Å²) < 4.78 is 28.1. The number of hydrogen-bond acceptors (Lipinski definition) is 4. The van der Waals surface area contributed by atoms with E-state index in [0.717, 1.165) is 39.0 Å². The molecule has 28 heavy (non-hydrogen) atoms. The molecule has 0 amide bonds. The van der Waals surface area contributed by atoms with Crippen LogP contribution >= 0.6 is 0 Å². The highest BCUT2D eigenvalue weighted by Crippen LogP contribution is 2.42. The van der Waals surface area contributed by atoms with Gasteiger partial charge in [0.1, 0.15) is 0 Å². The fraction of sp³-hybridized carbons (Fsp3) is 0.714. The second-order valence-corrected chi connectivity index (χ2v) is 11.0. The van der Waals surface area contributed by atoms with E-state index in [-0.39, 0.29) is 5.41 Å². The second-order valence-electron chi connectivity index (χ2n) is 8.89. The van der Waals surface area contributed by atoms with E-state index in [1.807, 2.05) is 0 Å². The van der Waals surface area contributed by atoms with Crippen molar-refractivity contribution in [2.75, 3.05) is 59.9 Å². The van der Waals surface area contributed by atoms with Gasteiger partial charge in [0.25, 0.3) is 10.2 Å². The largest absolute Gasteiger partial charge is 0.302 e. The van der Waals surface area contributed by atoms with Gasteiger partial charge in [-0.2, -0.15) is 17.0 Å². The Balaban J connectivity index is 1.50.